The van der Waals surface area contributed by atoms with Crippen LogP contribution in [-0.4, -0.2) is 42.1 Å². The summed E-state index contributed by atoms with van der Waals surface area (Å²) in [5, 5.41) is 10.5. The maximum atomic E-state index is 13.1. The quantitative estimate of drug-likeness (QED) is 0.753. The number of para-hydroxylation sites is 1. The Hall–Kier alpha value is -2.24. The molecule has 0 spiro atoms. The van der Waals surface area contributed by atoms with Crippen molar-refractivity contribution >= 4 is 11.6 Å². The van der Waals surface area contributed by atoms with Crippen molar-refractivity contribution in [3.63, 3.8) is 0 Å². The fourth-order valence-corrected chi connectivity index (χ4v) is 3.79. The number of nitrogens with zero attached hydrogens (tertiary/aromatic N) is 2. The number of hydrogen-bond acceptors (Lipinski definition) is 3. The Labute approximate surface area is 166 Å². The number of aliphatic hydroxyl groups excluding tert-OH is 1. The molecular weight excluding hydrogens is 355 g/mol. The van der Waals surface area contributed by atoms with Crippen LogP contribution >= 0.6 is 0 Å². The molecule has 1 amide bonds. The van der Waals surface area contributed by atoms with E-state index in [1.165, 1.54) is 17.7 Å². The van der Waals surface area contributed by atoms with Crippen LogP contribution < -0.4 is 4.90 Å². The molecule has 5 heteroatoms. The van der Waals surface area contributed by atoms with E-state index in [4.69, 9.17) is 0 Å². The summed E-state index contributed by atoms with van der Waals surface area (Å²) in [7, 11) is 0. The van der Waals surface area contributed by atoms with Crippen molar-refractivity contribution in [2.75, 3.05) is 31.1 Å². The van der Waals surface area contributed by atoms with Crippen molar-refractivity contribution in [3.05, 3.63) is 65.5 Å². The minimum atomic E-state index is -0.707. The van der Waals surface area contributed by atoms with Gasteiger partial charge in [0.15, 0.2) is 0 Å². The van der Waals surface area contributed by atoms with E-state index in [9.17, 15) is 14.3 Å². The highest BCUT2D eigenvalue weighted by molar-refractivity contribution is 5.95. The Morgan fingerprint density at radius 1 is 1.14 bits per heavy atom. The molecule has 2 aromatic carbocycles. The number of carbonyl (C=O) groups is 1. The lowest BCUT2D eigenvalue weighted by molar-refractivity contribution is -0.119. The SMILES string of the molecule is CC(C)CN(CCC(=O)N1CCc2ccccc21)CC(O)c1ccc(F)cc1. The van der Waals surface area contributed by atoms with Crippen LogP contribution in [0.2, 0.25) is 0 Å². The maximum absolute atomic E-state index is 13.1. The van der Waals surface area contributed by atoms with Crippen LogP contribution in [0.25, 0.3) is 0 Å². The Morgan fingerprint density at radius 3 is 2.57 bits per heavy atom. The highest BCUT2D eigenvalue weighted by atomic mass is 19.1. The number of benzene rings is 2. The average Bonchev–Trinajstić information content (AvgIpc) is 3.10. The first kappa shape index (κ1) is 20.5. The van der Waals surface area contributed by atoms with Crippen LogP contribution in [0.3, 0.4) is 0 Å². The van der Waals surface area contributed by atoms with E-state index < -0.39 is 6.10 Å². The van der Waals surface area contributed by atoms with Gasteiger partial charge in [-0.1, -0.05) is 44.2 Å². The van der Waals surface area contributed by atoms with Gasteiger partial charge in [0, 0.05) is 38.3 Å². The fraction of sp³-hybridized carbons (Fsp3) is 0.435. The van der Waals surface area contributed by atoms with Crippen LogP contribution in [0.15, 0.2) is 48.5 Å². The van der Waals surface area contributed by atoms with Crippen molar-refractivity contribution in [3.8, 4) is 0 Å². The molecule has 2 aromatic rings. The monoisotopic (exact) mass is 384 g/mol. The zero-order chi connectivity index (χ0) is 20.1. The zero-order valence-electron chi connectivity index (χ0n) is 16.6. The summed E-state index contributed by atoms with van der Waals surface area (Å²) in [5.41, 5.74) is 2.94. The smallest absolute Gasteiger partial charge is 0.228 e. The van der Waals surface area contributed by atoms with E-state index >= 15 is 0 Å². The summed E-state index contributed by atoms with van der Waals surface area (Å²) in [6, 6.07) is 14.0. The molecule has 0 bridgehead atoms. The van der Waals surface area contributed by atoms with Gasteiger partial charge >= 0.3 is 0 Å². The number of rotatable bonds is 8. The van der Waals surface area contributed by atoms with Gasteiger partial charge in [-0.3, -0.25) is 9.69 Å². The van der Waals surface area contributed by atoms with Crippen molar-refractivity contribution < 1.29 is 14.3 Å². The minimum absolute atomic E-state index is 0.120. The first-order chi connectivity index (χ1) is 13.4. The minimum Gasteiger partial charge on any atom is -0.387 e. The van der Waals surface area contributed by atoms with Gasteiger partial charge in [0.25, 0.3) is 0 Å². The number of carbonyl (C=O) groups excluding carboxylic acids is 1. The standard InChI is InChI=1S/C23H29FN2O2/c1-17(2)15-25(16-22(27)19-7-9-20(24)10-8-19)13-12-23(28)26-14-11-18-5-3-4-6-21(18)26/h3-10,17,22,27H,11-16H2,1-2H3. The zero-order valence-corrected chi connectivity index (χ0v) is 16.6. The molecule has 0 saturated heterocycles. The molecule has 28 heavy (non-hydrogen) atoms. The van der Waals surface area contributed by atoms with Gasteiger partial charge in [0.2, 0.25) is 5.91 Å². The molecule has 0 fully saturated rings. The summed E-state index contributed by atoms with van der Waals surface area (Å²) in [5.74, 6) is 0.226. The number of aliphatic hydroxyl groups is 1. The molecule has 0 saturated carbocycles. The molecule has 1 unspecified atom stereocenters. The summed E-state index contributed by atoms with van der Waals surface area (Å²) >= 11 is 0. The molecule has 1 aliphatic heterocycles. The van der Waals surface area contributed by atoms with Gasteiger partial charge in [0.1, 0.15) is 5.82 Å². The number of amides is 1. The number of fused-ring (bicyclic) bond motifs is 1. The molecule has 1 atom stereocenters. The summed E-state index contributed by atoms with van der Waals surface area (Å²) < 4.78 is 13.1. The predicted molar refractivity (Wildman–Crippen MR) is 110 cm³/mol. The van der Waals surface area contributed by atoms with Gasteiger partial charge in [-0.15, -0.1) is 0 Å². The van der Waals surface area contributed by atoms with Gasteiger partial charge in [0.05, 0.1) is 6.10 Å². The normalized spacial score (nSPS) is 14.6. The van der Waals surface area contributed by atoms with Crippen molar-refractivity contribution in [2.45, 2.75) is 32.8 Å². The highest BCUT2D eigenvalue weighted by Crippen LogP contribution is 2.28. The maximum Gasteiger partial charge on any atom is 0.228 e. The third-order valence-corrected chi connectivity index (χ3v) is 5.14. The van der Waals surface area contributed by atoms with Crippen LogP contribution in [-0.2, 0) is 11.2 Å². The predicted octanol–water partition coefficient (Wildman–Crippen LogP) is 3.80. The summed E-state index contributed by atoms with van der Waals surface area (Å²) in [6.07, 6.45) is 0.611. The Balaban J connectivity index is 1.59. The van der Waals surface area contributed by atoms with E-state index in [1.54, 1.807) is 12.1 Å². The summed E-state index contributed by atoms with van der Waals surface area (Å²) in [6.45, 7) is 6.79. The molecular formula is C23H29FN2O2. The van der Waals surface area contributed by atoms with Gasteiger partial charge in [-0.25, -0.2) is 4.39 Å². The number of hydrogen-bond donors (Lipinski definition) is 1. The molecule has 0 aliphatic carbocycles. The third kappa shape index (κ3) is 5.18. The third-order valence-electron chi connectivity index (χ3n) is 5.14. The first-order valence-corrected chi connectivity index (χ1v) is 9.98. The molecule has 1 N–H and O–H groups in total. The molecule has 1 heterocycles. The Morgan fingerprint density at radius 2 is 1.86 bits per heavy atom. The van der Waals surface area contributed by atoms with Gasteiger partial charge in [-0.2, -0.15) is 0 Å². The van der Waals surface area contributed by atoms with Gasteiger partial charge in [-0.05, 0) is 41.7 Å². The van der Waals surface area contributed by atoms with Crippen molar-refractivity contribution in [1.82, 2.24) is 4.90 Å². The second-order valence-corrected chi connectivity index (χ2v) is 7.89. The first-order valence-electron chi connectivity index (χ1n) is 9.98. The van der Waals surface area contributed by atoms with E-state index in [1.807, 2.05) is 23.1 Å². The van der Waals surface area contributed by atoms with Crippen LogP contribution in [0.4, 0.5) is 10.1 Å². The number of halogens is 1. The van der Waals surface area contributed by atoms with Crippen LogP contribution in [0, 0.1) is 11.7 Å². The number of anilines is 1. The average molecular weight is 384 g/mol. The Kier molecular flexibility index (Phi) is 6.81. The molecule has 3 rings (SSSR count). The van der Waals surface area contributed by atoms with Gasteiger partial charge < -0.3 is 10.0 Å². The fourth-order valence-electron chi connectivity index (χ4n) is 3.79. The lowest BCUT2D eigenvalue weighted by Crippen LogP contribution is -2.37. The highest BCUT2D eigenvalue weighted by Gasteiger charge is 2.24. The van der Waals surface area contributed by atoms with Crippen LogP contribution in [0.5, 0.6) is 0 Å². The second kappa shape index (κ2) is 9.30. The second-order valence-electron chi connectivity index (χ2n) is 7.89. The van der Waals surface area contributed by atoms with E-state index in [0.29, 0.717) is 31.0 Å². The molecule has 0 radical (unpaired) electrons. The van der Waals surface area contributed by atoms with Crippen LogP contribution in [0.1, 0.15) is 37.5 Å². The largest absolute Gasteiger partial charge is 0.387 e. The summed E-state index contributed by atoms with van der Waals surface area (Å²) in [4.78, 5) is 16.8. The molecule has 4 nitrogen and oxygen atoms in total. The lowest BCUT2D eigenvalue weighted by Gasteiger charge is -2.27. The molecule has 1 aliphatic rings. The molecule has 0 aromatic heterocycles. The van der Waals surface area contributed by atoms with E-state index in [0.717, 1.165) is 25.2 Å². The van der Waals surface area contributed by atoms with Crippen molar-refractivity contribution in [2.24, 2.45) is 5.92 Å². The van der Waals surface area contributed by atoms with E-state index in [2.05, 4.69) is 24.8 Å². The Bertz CT molecular complexity index is 791. The van der Waals surface area contributed by atoms with E-state index in [-0.39, 0.29) is 11.7 Å². The molecule has 150 valence electrons. The van der Waals surface area contributed by atoms with Crippen molar-refractivity contribution in [1.29, 1.82) is 0 Å². The lowest BCUT2D eigenvalue weighted by atomic mass is 10.1. The topological polar surface area (TPSA) is 43.8 Å².